The molecular formula is C19H16N6O4. The molecule has 2 amide bonds. The summed E-state index contributed by atoms with van der Waals surface area (Å²) in [6.07, 6.45) is 0. The third-order valence-electron chi connectivity index (χ3n) is 4.22. The number of amides is 2. The first-order valence-electron chi connectivity index (χ1n) is 8.45. The van der Waals surface area contributed by atoms with Crippen LogP contribution in [0.3, 0.4) is 0 Å². The third kappa shape index (κ3) is 3.21. The number of hydrogen-bond donors (Lipinski definition) is 3. The second-order valence-corrected chi connectivity index (χ2v) is 5.93. The van der Waals surface area contributed by atoms with Gasteiger partial charge in [-0.2, -0.15) is 9.94 Å². The van der Waals surface area contributed by atoms with E-state index in [1.165, 1.54) is 19.2 Å². The molecule has 0 aliphatic rings. The zero-order valence-corrected chi connectivity index (χ0v) is 15.2. The molecule has 10 nitrogen and oxygen atoms in total. The van der Waals surface area contributed by atoms with Gasteiger partial charge in [-0.15, -0.1) is 0 Å². The van der Waals surface area contributed by atoms with Gasteiger partial charge in [0.25, 0.3) is 11.8 Å². The molecule has 3 rings (SSSR count). The number of carbonyl (C=O) groups excluding carboxylic acids is 2. The van der Waals surface area contributed by atoms with E-state index in [0.717, 1.165) is 4.57 Å². The maximum Gasteiger partial charge on any atom is 0.354 e. The molecule has 0 fully saturated rings. The Labute approximate surface area is 164 Å². The highest BCUT2D eigenvalue weighted by molar-refractivity contribution is 6.15. The summed E-state index contributed by atoms with van der Waals surface area (Å²) in [4.78, 5) is 51.0. The Balaban J connectivity index is 2.20. The minimum absolute atomic E-state index is 0.213. The van der Waals surface area contributed by atoms with Crippen LogP contribution in [0.4, 0.5) is 5.69 Å². The molecule has 3 aromatic rings. The Hall–Kier alpha value is -4.39. The van der Waals surface area contributed by atoms with Crippen LogP contribution in [-0.2, 0) is 15.1 Å². The standard InChI is InChI=1S/C19H16N6O4/c1-21-15(26)19(12-20,16(27)22-13-8-4-2-5-9-13)25-18(29)24(17(28)23-25)14-10-6-3-7-11-14/h2-11H,1H3,(H,21,26)(H,22,27)(H,23,28). The second kappa shape index (κ2) is 7.69. The number of nitriles is 1. The van der Waals surface area contributed by atoms with Crippen LogP contribution in [0.1, 0.15) is 0 Å². The lowest BCUT2D eigenvalue weighted by atomic mass is 9.99. The molecule has 3 N–H and O–H groups in total. The summed E-state index contributed by atoms with van der Waals surface area (Å²) in [5.74, 6) is -2.19. The number of rotatable bonds is 5. The Morgan fingerprint density at radius 2 is 1.59 bits per heavy atom. The van der Waals surface area contributed by atoms with Gasteiger partial charge in [-0.25, -0.2) is 19.3 Å². The van der Waals surface area contributed by atoms with Crippen molar-refractivity contribution in [3.05, 3.63) is 81.6 Å². The number of carbonyl (C=O) groups is 2. The summed E-state index contributed by atoms with van der Waals surface area (Å²) < 4.78 is 1.16. The first-order valence-corrected chi connectivity index (χ1v) is 8.45. The number of H-pyrrole nitrogens is 1. The Morgan fingerprint density at radius 1 is 1.00 bits per heavy atom. The first kappa shape index (κ1) is 19.4. The Kier molecular flexibility index (Phi) is 5.14. The van der Waals surface area contributed by atoms with Gasteiger partial charge in [0.05, 0.1) is 5.69 Å². The van der Waals surface area contributed by atoms with E-state index in [1.54, 1.807) is 54.6 Å². The molecule has 0 saturated heterocycles. The van der Waals surface area contributed by atoms with E-state index in [9.17, 15) is 24.4 Å². The van der Waals surface area contributed by atoms with Crippen molar-refractivity contribution in [2.24, 2.45) is 0 Å². The van der Waals surface area contributed by atoms with Crippen LogP contribution in [-0.4, -0.2) is 33.2 Å². The van der Waals surface area contributed by atoms with Crippen molar-refractivity contribution in [3.8, 4) is 11.8 Å². The van der Waals surface area contributed by atoms with Crippen LogP contribution in [0.15, 0.2) is 70.3 Å². The lowest BCUT2D eigenvalue weighted by Crippen LogP contribution is -2.58. The molecule has 1 aromatic heterocycles. The van der Waals surface area contributed by atoms with Crippen molar-refractivity contribution in [2.75, 3.05) is 12.4 Å². The van der Waals surface area contributed by atoms with Crippen LogP contribution in [0, 0.1) is 11.3 Å². The maximum atomic E-state index is 13.0. The number of benzene rings is 2. The van der Waals surface area contributed by atoms with E-state index in [2.05, 4.69) is 15.7 Å². The van der Waals surface area contributed by atoms with E-state index < -0.39 is 28.7 Å². The molecule has 1 heterocycles. The largest absolute Gasteiger partial charge is 0.356 e. The fourth-order valence-corrected chi connectivity index (χ4v) is 2.79. The number of aromatic nitrogens is 3. The number of hydrogen-bond acceptors (Lipinski definition) is 5. The molecular weight excluding hydrogens is 376 g/mol. The van der Waals surface area contributed by atoms with Gasteiger partial charge in [0.2, 0.25) is 0 Å². The molecule has 0 spiro atoms. The van der Waals surface area contributed by atoms with Gasteiger partial charge in [0.15, 0.2) is 0 Å². The van der Waals surface area contributed by atoms with Gasteiger partial charge < -0.3 is 10.6 Å². The van der Waals surface area contributed by atoms with E-state index in [1.807, 2.05) is 0 Å². The van der Waals surface area contributed by atoms with E-state index >= 15 is 0 Å². The average Bonchev–Trinajstić information content (AvgIpc) is 3.04. The molecule has 0 aliphatic heterocycles. The van der Waals surface area contributed by atoms with Crippen molar-refractivity contribution in [1.29, 1.82) is 5.26 Å². The molecule has 1 atom stereocenters. The fraction of sp³-hybridized carbons (Fsp3) is 0.105. The summed E-state index contributed by atoms with van der Waals surface area (Å²) in [5.41, 5.74) is -4.11. The summed E-state index contributed by atoms with van der Waals surface area (Å²) >= 11 is 0. The smallest absolute Gasteiger partial charge is 0.354 e. The Morgan fingerprint density at radius 3 is 2.14 bits per heavy atom. The number of nitrogens with zero attached hydrogens (tertiary/aromatic N) is 3. The minimum atomic E-state index is -2.68. The first-order chi connectivity index (χ1) is 14.0. The van der Waals surface area contributed by atoms with Crippen LogP contribution in [0.5, 0.6) is 0 Å². The second-order valence-electron chi connectivity index (χ2n) is 5.93. The van der Waals surface area contributed by atoms with Crippen molar-refractivity contribution in [1.82, 2.24) is 19.7 Å². The quantitative estimate of drug-likeness (QED) is 0.521. The molecule has 10 heteroatoms. The van der Waals surface area contributed by atoms with E-state index in [0.29, 0.717) is 10.4 Å². The topological polar surface area (TPSA) is 142 Å². The van der Waals surface area contributed by atoms with Gasteiger partial charge >= 0.3 is 16.9 Å². The molecule has 146 valence electrons. The van der Waals surface area contributed by atoms with Crippen LogP contribution < -0.4 is 22.0 Å². The van der Waals surface area contributed by atoms with E-state index in [4.69, 9.17) is 0 Å². The van der Waals surface area contributed by atoms with Gasteiger partial charge in [-0.3, -0.25) is 9.59 Å². The van der Waals surface area contributed by atoms with Gasteiger partial charge in [0.1, 0.15) is 6.07 Å². The summed E-state index contributed by atoms with van der Waals surface area (Å²) in [6.45, 7) is 0. The number of nitrogens with one attached hydrogen (secondary N) is 3. The zero-order chi connectivity index (χ0) is 21.0. The Bertz CT molecular complexity index is 1200. The monoisotopic (exact) mass is 392 g/mol. The molecule has 2 aromatic carbocycles. The average molecular weight is 392 g/mol. The van der Waals surface area contributed by atoms with Crippen molar-refractivity contribution in [3.63, 3.8) is 0 Å². The lowest BCUT2D eigenvalue weighted by molar-refractivity contribution is -0.136. The lowest BCUT2D eigenvalue weighted by Gasteiger charge is -2.23. The predicted octanol–water partition coefficient (Wildman–Crippen LogP) is -0.0691. The van der Waals surface area contributed by atoms with Gasteiger partial charge in [0, 0.05) is 12.7 Å². The summed E-state index contributed by atoms with van der Waals surface area (Å²) in [7, 11) is 1.21. The highest BCUT2D eigenvalue weighted by atomic mass is 16.2. The molecule has 0 saturated carbocycles. The van der Waals surface area contributed by atoms with Crippen LogP contribution in [0.25, 0.3) is 5.69 Å². The van der Waals surface area contributed by atoms with Crippen molar-refractivity contribution in [2.45, 2.75) is 5.54 Å². The third-order valence-corrected chi connectivity index (χ3v) is 4.22. The number of para-hydroxylation sites is 2. The van der Waals surface area contributed by atoms with Crippen molar-refractivity contribution >= 4 is 17.5 Å². The van der Waals surface area contributed by atoms with Crippen molar-refractivity contribution < 1.29 is 9.59 Å². The summed E-state index contributed by atoms with van der Waals surface area (Å²) in [6, 6.07) is 17.6. The number of aromatic amines is 1. The minimum Gasteiger partial charge on any atom is -0.356 e. The summed E-state index contributed by atoms with van der Waals surface area (Å²) in [5, 5.41) is 16.6. The van der Waals surface area contributed by atoms with E-state index in [-0.39, 0.29) is 5.69 Å². The highest BCUT2D eigenvalue weighted by Crippen LogP contribution is 2.17. The van der Waals surface area contributed by atoms with Crippen LogP contribution in [0.2, 0.25) is 0 Å². The maximum absolute atomic E-state index is 13.0. The van der Waals surface area contributed by atoms with Crippen LogP contribution >= 0.6 is 0 Å². The highest BCUT2D eigenvalue weighted by Gasteiger charge is 2.51. The SMILES string of the molecule is CNC(=O)C(C#N)(C(=O)Nc1ccccc1)n1[nH]c(=O)n(-c2ccccc2)c1=O. The van der Waals surface area contributed by atoms with Gasteiger partial charge in [-0.1, -0.05) is 36.4 Å². The normalized spacial score (nSPS) is 12.4. The number of anilines is 1. The fourth-order valence-electron chi connectivity index (χ4n) is 2.79. The molecule has 0 bridgehead atoms. The van der Waals surface area contributed by atoms with Gasteiger partial charge in [-0.05, 0) is 24.3 Å². The number of likely N-dealkylation sites (N-methyl/N-ethyl adjacent to an activating group) is 1. The zero-order valence-electron chi connectivity index (χ0n) is 15.2. The molecule has 29 heavy (non-hydrogen) atoms. The predicted molar refractivity (Wildman–Crippen MR) is 103 cm³/mol. The molecule has 0 radical (unpaired) electrons. The molecule has 1 unspecified atom stereocenters. The molecule has 0 aliphatic carbocycles.